The molecule has 0 N–H and O–H groups in total. The molecular formula is C20H32O4. The first-order valence-electron chi connectivity index (χ1n) is 9.10. The summed E-state index contributed by atoms with van der Waals surface area (Å²) in [5.74, 6) is -0.269. The summed E-state index contributed by atoms with van der Waals surface area (Å²) in [5, 5.41) is 0. The molecule has 3 aliphatic rings. The highest BCUT2D eigenvalue weighted by Gasteiger charge is 2.66. The number of ether oxygens (including phenoxy) is 3. The maximum Gasteiger partial charge on any atom is 0.302 e. The Morgan fingerprint density at radius 3 is 2.50 bits per heavy atom. The second-order valence-electron chi connectivity index (χ2n) is 9.37. The van der Waals surface area contributed by atoms with Gasteiger partial charge in [0.05, 0.1) is 12.7 Å². The van der Waals surface area contributed by atoms with E-state index in [0.717, 1.165) is 12.8 Å². The summed E-state index contributed by atoms with van der Waals surface area (Å²) >= 11 is 0. The fourth-order valence-corrected chi connectivity index (χ4v) is 5.76. The van der Waals surface area contributed by atoms with Crippen LogP contribution in [0, 0.1) is 22.7 Å². The highest BCUT2D eigenvalue weighted by Crippen LogP contribution is 2.63. The van der Waals surface area contributed by atoms with Gasteiger partial charge < -0.3 is 14.2 Å². The van der Waals surface area contributed by atoms with Gasteiger partial charge in [-0.05, 0) is 50.4 Å². The second kappa shape index (κ2) is 5.31. The summed E-state index contributed by atoms with van der Waals surface area (Å²) in [6.45, 7) is 14.9. The molecule has 24 heavy (non-hydrogen) atoms. The van der Waals surface area contributed by atoms with E-state index in [0.29, 0.717) is 12.5 Å². The molecule has 0 aromatic rings. The average molecular weight is 336 g/mol. The largest absolute Gasteiger partial charge is 0.465 e. The first-order valence-corrected chi connectivity index (χ1v) is 9.10. The van der Waals surface area contributed by atoms with Crippen molar-refractivity contribution in [2.45, 2.75) is 78.8 Å². The summed E-state index contributed by atoms with van der Waals surface area (Å²) in [7, 11) is 0. The molecule has 1 saturated carbocycles. The van der Waals surface area contributed by atoms with Crippen molar-refractivity contribution >= 4 is 5.97 Å². The van der Waals surface area contributed by atoms with Gasteiger partial charge in [0.2, 0.25) is 0 Å². The number of carbonyl (C=O) groups excluding carboxylic acids is 1. The number of hydrogen-bond donors (Lipinski definition) is 0. The minimum atomic E-state index is -0.602. The van der Waals surface area contributed by atoms with Crippen LogP contribution in [0.15, 0.2) is 12.2 Å². The number of rotatable bonds is 2. The molecule has 0 radical (unpaired) electrons. The van der Waals surface area contributed by atoms with E-state index in [2.05, 4.69) is 39.8 Å². The summed E-state index contributed by atoms with van der Waals surface area (Å²) in [5.41, 5.74) is -0.326. The lowest BCUT2D eigenvalue weighted by Gasteiger charge is -2.60. The van der Waals surface area contributed by atoms with E-state index < -0.39 is 11.4 Å². The SMILES string of the molecule is CC(=O)OC[C@H]1[C@]2(C)OC(C)(C)O[C@@H]2CC2C(C)(C)C=CC[C@@]21C. The molecule has 0 aromatic carbocycles. The highest BCUT2D eigenvalue weighted by molar-refractivity contribution is 5.65. The zero-order valence-electron chi connectivity index (χ0n) is 16.1. The van der Waals surface area contributed by atoms with Crippen molar-refractivity contribution < 1.29 is 19.0 Å². The average Bonchev–Trinajstić information content (AvgIpc) is 2.63. The molecule has 0 bridgehead atoms. The maximum atomic E-state index is 11.5. The molecule has 0 spiro atoms. The fourth-order valence-electron chi connectivity index (χ4n) is 5.76. The van der Waals surface area contributed by atoms with Crippen LogP contribution in [0.1, 0.15) is 61.3 Å². The Morgan fingerprint density at radius 2 is 1.88 bits per heavy atom. The summed E-state index contributed by atoms with van der Waals surface area (Å²) in [4.78, 5) is 11.5. The van der Waals surface area contributed by atoms with Crippen LogP contribution < -0.4 is 0 Å². The van der Waals surface area contributed by atoms with Gasteiger partial charge >= 0.3 is 5.97 Å². The molecule has 2 fully saturated rings. The van der Waals surface area contributed by atoms with Crippen molar-refractivity contribution in [3.8, 4) is 0 Å². The van der Waals surface area contributed by atoms with E-state index in [1.54, 1.807) is 0 Å². The van der Waals surface area contributed by atoms with Crippen LogP contribution in [0.2, 0.25) is 0 Å². The van der Waals surface area contributed by atoms with Gasteiger partial charge in [-0.25, -0.2) is 0 Å². The Kier molecular flexibility index (Phi) is 3.97. The second-order valence-corrected chi connectivity index (χ2v) is 9.37. The van der Waals surface area contributed by atoms with E-state index in [9.17, 15) is 4.79 Å². The van der Waals surface area contributed by atoms with Crippen molar-refractivity contribution in [1.82, 2.24) is 0 Å². The van der Waals surface area contributed by atoms with Crippen LogP contribution in [0.5, 0.6) is 0 Å². The number of allylic oxidation sites excluding steroid dienone is 2. The van der Waals surface area contributed by atoms with Crippen LogP contribution in [-0.2, 0) is 19.0 Å². The Labute approximate surface area is 145 Å². The normalized spacial score (nSPS) is 45.4. The van der Waals surface area contributed by atoms with Gasteiger partial charge in [0.25, 0.3) is 0 Å². The lowest BCUT2D eigenvalue weighted by Crippen LogP contribution is -2.63. The molecule has 1 heterocycles. The van der Waals surface area contributed by atoms with Crippen LogP contribution >= 0.6 is 0 Å². The van der Waals surface area contributed by atoms with Gasteiger partial charge in [0, 0.05) is 12.8 Å². The molecule has 2 aliphatic carbocycles. The predicted molar refractivity (Wildman–Crippen MR) is 92.3 cm³/mol. The summed E-state index contributed by atoms with van der Waals surface area (Å²) < 4.78 is 18.2. The number of carbonyl (C=O) groups is 1. The van der Waals surface area contributed by atoms with E-state index >= 15 is 0 Å². The van der Waals surface area contributed by atoms with Gasteiger partial charge in [-0.1, -0.05) is 32.9 Å². The number of esters is 1. The smallest absolute Gasteiger partial charge is 0.302 e. The Bertz CT molecular complexity index is 564. The molecule has 4 heteroatoms. The van der Waals surface area contributed by atoms with Crippen molar-refractivity contribution in [3.05, 3.63) is 12.2 Å². The van der Waals surface area contributed by atoms with Crippen molar-refractivity contribution in [1.29, 1.82) is 0 Å². The van der Waals surface area contributed by atoms with Gasteiger partial charge in [0.1, 0.15) is 5.60 Å². The van der Waals surface area contributed by atoms with Crippen molar-refractivity contribution in [2.24, 2.45) is 22.7 Å². The summed E-state index contributed by atoms with van der Waals surface area (Å²) in [6.07, 6.45) is 6.62. The molecule has 3 rings (SSSR count). The first kappa shape index (κ1) is 17.9. The molecule has 4 nitrogen and oxygen atoms in total. The Hall–Kier alpha value is -0.870. The summed E-state index contributed by atoms with van der Waals surface area (Å²) in [6, 6.07) is 0. The standard InChI is InChI=1S/C20H32O4/c1-13(21)22-12-15-19(6)10-8-9-17(2,3)14(19)11-16-20(15,7)24-18(4,5)23-16/h8-9,14-16H,10-12H2,1-7H3/t14?,15-,16-,19+,20+/m1/s1. The minimum Gasteiger partial charge on any atom is -0.465 e. The third-order valence-electron chi connectivity index (χ3n) is 6.72. The lowest BCUT2D eigenvalue weighted by atomic mass is 9.47. The van der Waals surface area contributed by atoms with E-state index in [-0.39, 0.29) is 28.8 Å². The van der Waals surface area contributed by atoms with Crippen LogP contribution in [0.3, 0.4) is 0 Å². The van der Waals surface area contributed by atoms with Gasteiger partial charge in [-0.3, -0.25) is 4.79 Å². The highest BCUT2D eigenvalue weighted by atomic mass is 16.8. The van der Waals surface area contributed by atoms with Crippen molar-refractivity contribution in [3.63, 3.8) is 0 Å². The zero-order chi connectivity index (χ0) is 18.0. The zero-order valence-corrected chi connectivity index (χ0v) is 16.1. The molecule has 0 aromatic heterocycles. The first-order chi connectivity index (χ1) is 10.9. The monoisotopic (exact) mass is 336 g/mol. The molecule has 5 atom stereocenters. The molecule has 1 aliphatic heterocycles. The Morgan fingerprint density at radius 1 is 1.21 bits per heavy atom. The molecular weight excluding hydrogens is 304 g/mol. The fraction of sp³-hybridized carbons (Fsp3) is 0.850. The quantitative estimate of drug-likeness (QED) is 0.563. The molecule has 0 amide bonds. The van der Waals surface area contributed by atoms with Crippen LogP contribution in [-0.4, -0.2) is 30.1 Å². The topological polar surface area (TPSA) is 44.8 Å². The third kappa shape index (κ3) is 2.62. The third-order valence-corrected chi connectivity index (χ3v) is 6.72. The van der Waals surface area contributed by atoms with Gasteiger partial charge in [-0.2, -0.15) is 0 Å². The van der Waals surface area contributed by atoms with Crippen LogP contribution in [0.25, 0.3) is 0 Å². The minimum absolute atomic E-state index is 0.0166. The maximum absolute atomic E-state index is 11.5. The van der Waals surface area contributed by atoms with Crippen molar-refractivity contribution in [2.75, 3.05) is 6.61 Å². The van der Waals surface area contributed by atoms with E-state index in [1.807, 2.05) is 13.8 Å². The van der Waals surface area contributed by atoms with E-state index in [4.69, 9.17) is 14.2 Å². The van der Waals surface area contributed by atoms with Gasteiger partial charge in [-0.15, -0.1) is 0 Å². The van der Waals surface area contributed by atoms with E-state index in [1.165, 1.54) is 6.92 Å². The molecule has 1 saturated heterocycles. The lowest BCUT2D eigenvalue weighted by molar-refractivity contribution is -0.201. The predicted octanol–water partition coefficient (Wildman–Crippen LogP) is 4.09. The molecule has 1 unspecified atom stereocenters. The van der Waals surface area contributed by atoms with Gasteiger partial charge in [0.15, 0.2) is 5.79 Å². The molecule has 136 valence electrons. The number of fused-ring (bicyclic) bond motifs is 2. The van der Waals surface area contributed by atoms with Crippen LogP contribution in [0.4, 0.5) is 0 Å². The Balaban J connectivity index is 2.04. The number of hydrogen-bond acceptors (Lipinski definition) is 4.